The van der Waals surface area contributed by atoms with E-state index in [1.807, 2.05) is 51.1 Å². The number of alkyl carbamates (subject to hydrolysis) is 1. The fourth-order valence-corrected chi connectivity index (χ4v) is 7.35. The molecule has 0 spiro atoms. The quantitative estimate of drug-likeness (QED) is 0.358. The maximum absolute atomic E-state index is 14.0. The third-order valence-electron chi connectivity index (χ3n) is 8.79. The number of carbonyl (C=O) groups excluding carboxylic acids is 3. The average Bonchev–Trinajstić information content (AvgIpc) is 3.59. The zero-order chi connectivity index (χ0) is 32.1. The van der Waals surface area contributed by atoms with Gasteiger partial charge < -0.3 is 39.6 Å². The first-order chi connectivity index (χ1) is 21.6. The van der Waals surface area contributed by atoms with E-state index < -0.39 is 47.3 Å². The van der Waals surface area contributed by atoms with E-state index in [-0.39, 0.29) is 30.7 Å². The molecule has 3 amide bonds. The van der Waals surface area contributed by atoms with Gasteiger partial charge in [-0.25, -0.2) is 4.79 Å². The van der Waals surface area contributed by atoms with Gasteiger partial charge in [-0.2, -0.15) is 0 Å². The predicted octanol–water partition coefficient (Wildman–Crippen LogP) is 3.15. The number of amides is 3. The fourth-order valence-electron chi connectivity index (χ4n) is 6.21. The van der Waals surface area contributed by atoms with Crippen LogP contribution in [-0.4, -0.2) is 89.4 Å². The Kier molecular flexibility index (Phi) is 10.6. The second-order valence-corrected chi connectivity index (χ2v) is 13.9. The lowest BCUT2D eigenvalue weighted by molar-refractivity contribution is -0.152. The summed E-state index contributed by atoms with van der Waals surface area (Å²) in [6.45, 7) is 6.92. The van der Waals surface area contributed by atoms with Gasteiger partial charge in [-0.15, -0.1) is 11.8 Å². The van der Waals surface area contributed by atoms with Gasteiger partial charge in [-0.1, -0.05) is 36.4 Å². The number of rotatable bonds is 10. The minimum atomic E-state index is -1.66. The van der Waals surface area contributed by atoms with Gasteiger partial charge in [0.15, 0.2) is 12.4 Å². The molecule has 0 aliphatic carbocycles. The number of nitrogens with one attached hydrogen (secondary N) is 2. The number of carbonyl (C=O) groups is 3. The summed E-state index contributed by atoms with van der Waals surface area (Å²) in [6.07, 6.45) is -1.55. The first-order valence-electron chi connectivity index (χ1n) is 15.4. The van der Waals surface area contributed by atoms with Crippen LogP contribution in [0.1, 0.15) is 43.4 Å². The van der Waals surface area contributed by atoms with E-state index in [1.54, 1.807) is 25.3 Å². The van der Waals surface area contributed by atoms with Crippen LogP contribution in [0.2, 0.25) is 0 Å². The van der Waals surface area contributed by atoms with E-state index in [9.17, 15) is 19.5 Å². The van der Waals surface area contributed by atoms with Gasteiger partial charge in [0.1, 0.15) is 17.9 Å². The van der Waals surface area contributed by atoms with E-state index in [2.05, 4.69) is 10.6 Å². The highest BCUT2D eigenvalue weighted by atomic mass is 32.2. The Morgan fingerprint density at radius 1 is 1.16 bits per heavy atom. The molecule has 0 unspecified atom stereocenters. The lowest BCUT2D eigenvalue weighted by Gasteiger charge is -2.33. The van der Waals surface area contributed by atoms with Crippen LogP contribution in [-0.2, 0) is 36.8 Å². The molecule has 0 saturated carbocycles. The van der Waals surface area contributed by atoms with Crippen molar-refractivity contribution in [1.82, 2.24) is 15.5 Å². The van der Waals surface area contributed by atoms with Gasteiger partial charge in [0.2, 0.25) is 5.91 Å². The van der Waals surface area contributed by atoms with Crippen molar-refractivity contribution in [3.63, 3.8) is 0 Å². The Hall–Kier alpha value is -3.32. The maximum atomic E-state index is 14.0. The van der Waals surface area contributed by atoms with Crippen LogP contribution in [0.3, 0.4) is 0 Å². The number of aryl methyl sites for hydroxylation is 1. The molecule has 6 atom stereocenters. The standard InChI is InChI=1S/C33H43N3O8S/c1-20-9-5-6-11-22(20)17-34-29(38)28-33(2,3)45-19-36(28)30(39)27(37)25(16-21-10-7-12-23(15-21)41-4)35-32(40)44-26-18-43-31-24(26)13-8-14-42-31/h5-7,9-12,15,24-28,31,37H,8,13-14,16-19H2,1-4H3,(H,34,38)(H,35,40)/t24-,25+,26-,27+,28-,31+/m1/s1. The summed E-state index contributed by atoms with van der Waals surface area (Å²) < 4.78 is 21.8. The lowest BCUT2D eigenvalue weighted by atomic mass is 9.96. The molecule has 2 aromatic carbocycles. The van der Waals surface area contributed by atoms with Crippen molar-refractivity contribution < 1.29 is 38.4 Å². The van der Waals surface area contributed by atoms with Crippen LogP contribution >= 0.6 is 11.8 Å². The first-order valence-corrected chi connectivity index (χ1v) is 16.3. The maximum Gasteiger partial charge on any atom is 0.407 e. The summed E-state index contributed by atoms with van der Waals surface area (Å²) in [5.74, 6) is -0.220. The molecule has 12 heteroatoms. The van der Waals surface area contributed by atoms with Crippen LogP contribution in [0, 0.1) is 12.8 Å². The Morgan fingerprint density at radius 3 is 2.73 bits per heavy atom. The molecule has 0 radical (unpaired) electrons. The predicted molar refractivity (Wildman–Crippen MR) is 169 cm³/mol. The van der Waals surface area contributed by atoms with Gasteiger partial charge in [0, 0.05) is 23.8 Å². The molecule has 11 nitrogen and oxygen atoms in total. The third kappa shape index (κ3) is 7.74. The van der Waals surface area contributed by atoms with Crippen LogP contribution in [0.4, 0.5) is 4.79 Å². The van der Waals surface area contributed by atoms with Crippen molar-refractivity contribution in [2.24, 2.45) is 5.92 Å². The highest BCUT2D eigenvalue weighted by Gasteiger charge is 2.50. The second-order valence-electron chi connectivity index (χ2n) is 12.3. The van der Waals surface area contributed by atoms with E-state index in [1.165, 1.54) is 16.7 Å². The molecule has 3 saturated heterocycles. The number of fused-ring (bicyclic) bond motifs is 1. The number of aliphatic hydroxyl groups is 1. The molecule has 3 heterocycles. The summed E-state index contributed by atoms with van der Waals surface area (Å²) in [4.78, 5) is 42.2. The number of hydrogen-bond donors (Lipinski definition) is 3. The number of nitrogens with zero attached hydrogens (tertiary/aromatic N) is 1. The Morgan fingerprint density at radius 2 is 1.96 bits per heavy atom. The summed E-state index contributed by atoms with van der Waals surface area (Å²) in [7, 11) is 1.55. The number of benzene rings is 2. The van der Waals surface area contributed by atoms with E-state index in [0.29, 0.717) is 18.9 Å². The topological polar surface area (TPSA) is 136 Å². The molecule has 3 aliphatic heterocycles. The SMILES string of the molecule is COc1cccc(C[C@H](NC(=O)O[C@@H]2CO[C@@H]3OCCC[C@@H]32)[C@H](O)C(=O)N2CSC(C)(C)[C@H]2C(=O)NCc2ccccc2C)c1. The van der Waals surface area contributed by atoms with Gasteiger partial charge in [-0.05, 0) is 68.9 Å². The first kappa shape index (κ1) is 33.1. The Labute approximate surface area is 268 Å². The number of methoxy groups -OCH3 is 1. The van der Waals surface area contributed by atoms with Crippen LogP contribution in [0.5, 0.6) is 5.75 Å². The zero-order valence-corrected chi connectivity index (χ0v) is 27.0. The Bertz CT molecular complexity index is 1370. The average molecular weight is 642 g/mol. The summed E-state index contributed by atoms with van der Waals surface area (Å²) >= 11 is 1.46. The molecule has 3 fully saturated rings. The molecule has 5 rings (SSSR count). The van der Waals surface area contributed by atoms with Gasteiger partial charge in [0.25, 0.3) is 5.91 Å². The molecule has 45 heavy (non-hydrogen) atoms. The highest BCUT2D eigenvalue weighted by Crippen LogP contribution is 2.40. The van der Waals surface area contributed by atoms with Crippen molar-refractivity contribution in [2.45, 2.75) is 81.9 Å². The monoisotopic (exact) mass is 641 g/mol. The summed E-state index contributed by atoms with van der Waals surface area (Å²) in [5, 5.41) is 17.3. The largest absolute Gasteiger partial charge is 0.497 e. The molecule has 244 valence electrons. The zero-order valence-electron chi connectivity index (χ0n) is 26.2. The van der Waals surface area contributed by atoms with Crippen molar-refractivity contribution in [1.29, 1.82) is 0 Å². The van der Waals surface area contributed by atoms with E-state index >= 15 is 0 Å². The number of hydrogen-bond acceptors (Lipinski definition) is 9. The van der Waals surface area contributed by atoms with Crippen LogP contribution < -0.4 is 15.4 Å². The van der Waals surface area contributed by atoms with Gasteiger partial charge >= 0.3 is 6.09 Å². The molecule has 3 N–H and O–H groups in total. The highest BCUT2D eigenvalue weighted by molar-refractivity contribution is 8.00. The molecule has 0 aromatic heterocycles. The summed E-state index contributed by atoms with van der Waals surface area (Å²) in [6, 6.07) is 13.1. The summed E-state index contributed by atoms with van der Waals surface area (Å²) in [5.41, 5.74) is 2.77. The minimum Gasteiger partial charge on any atom is -0.497 e. The lowest BCUT2D eigenvalue weighted by Crippen LogP contribution is -2.58. The van der Waals surface area contributed by atoms with Crippen molar-refractivity contribution >= 4 is 29.7 Å². The molecule has 3 aliphatic rings. The minimum absolute atomic E-state index is 0.0734. The molecule has 0 bridgehead atoms. The van der Waals surface area contributed by atoms with Crippen LogP contribution in [0.25, 0.3) is 0 Å². The molecule has 2 aromatic rings. The van der Waals surface area contributed by atoms with Crippen molar-refractivity contribution in [2.75, 3.05) is 26.2 Å². The number of thioether (sulfide) groups is 1. The van der Waals surface area contributed by atoms with Crippen molar-refractivity contribution in [3.8, 4) is 5.75 Å². The van der Waals surface area contributed by atoms with Gasteiger partial charge in [0.05, 0.1) is 25.6 Å². The normalized spacial score (nSPS) is 25.1. The number of ether oxygens (including phenoxy) is 4. The van der Waals surface area contributed by atoms with Crippen molar-refractivity contribution in [3.05, 3.63) is 65.2 Å². The van der Waals surface area contributed by atoms with E-state index in [4.69, 9.17) is 18.9 Å². The molecular weight excluding hydrogens is 598 g/mol. The van der Waals surface area contributed by atoms with Crippen LogP contribution in [0.15, 0.2) is 48.5 Å². The smallest absolute Gasteiger partial charge is 0.407 e. The van der Waals surface area contributed by atoms with Gasteiger partial charge in [-0.3, -0.25) is 9.59 Å². The second kappa shape index (κ2) is 14.4. The Balaban J connectivity index is 1.31. The fraction of sp³-hybridized carbons (Fsp3) is 0.545. The number of aliphatic hydroxyl groups excluding tert-OH is 1. The van der Waals surface area contributed by atoms with E-state index in [0.717, 1.165) is 29.5 Å². The third-order valence-corrected chi connectivity index (χ3v) is 10.2. The molecular formula is C33H43N3O8S.